The molecule has 7 heteroatoms. The third kappa shape index (κ3) is 2.92. The second-order valence-corrected chi connectivity index (χ2v) is 6.07. The van der Waals surface area contributed by atoms with Crippen LogP contribution in [0.5, 0.6) is 17.2 Å². The molecule has 2 heterocycles. The van der Waals surface area contributed by atoms with Gasteiger partial charge in [-0.25, -0.2) is 0 Å². The molecule has 4 rings (SSSR count). The quantitative estimate of drug-likeness (QED) is 0.780. The first-order valence-corrected chi connectivity index (χ1v) is 8.33. The van der Waals surface area contributed by atoms with E-state index in [0.29, 0.717) is 36.3 Å². The van der Waals surface area contributed by atoms with E-state index < -0.39 is 0 Å². The minimum Gasteiger partial charge on any atom is -0.497 e. The van der Waals surface area contributed by atoms with Gasteiger partial charge in [0.15, 0.2) is 17.3 Å². The summed E-state index contributed by atoms with van der Waals surface area (Å²) < 4.78 is 16.4. The predicted octanol–water partition coefficient (Wildman–Crippen LogP) is 2.55. The maximum atomic E-state index is 12.7. The van der Waals surface area contributed by atoms with Gasteiger partial charge in [0.05, 0.1) is 19.0 Å². The summed E-state index contributed by atoms with van der Waals surface area (Å²) in [7, 11) is 3.33. The molecule has 0 fully saturated rings. The van der Waals surface area contributed by atoms with Crippen LogP contribution in [-0.2, 0) is 11.2 Å². The molecule has 0 unspecified atom stereocenters. The molecule has 26 heavy (non-hydrogen) atoms. The summed E-state index contributed by atoms with van der Waals surface area (Å²) in [5.41, 5.74) is 1.71. The Hall–Kier alpha value is -3.22. The Kier molecular flexibility index (Phi) is 4.12. The number of carbonyl (C=O) groups is 1. The zero-order chi connectivity index (χ0) is 18.1. The highest BCUT2D eigenvalue weighted by atomic mass is 16.6. The van der Waals surface area contributed by atoms with Gasteiger partial charge in [-0.1, -0.05) is 6.07 Å². The lowest BCUT2D eigenvalue weighted by Gasteiger charge is -2.19. The number of benzene rings is 2. The number of ether oxygens (including phenoxy) is 3. The number of amides is 1. The molecular weight excluding hydrogens is 334 g/mol. The zero-order valence-corrected chi connectivity index (χ0v) is 14.6. The van der Waals surface area contributed by atoms with Crippen molar-refractivity contribution in [1.29, 1.82) is 0 Å². The summed E-state index contributed by atoms with van der Waals surface area (Å²) in [6, 6.07) is 11.2. The summed E-state index contributed by atoms with van der Waals surface area (Å²) in [4.78, 5) is 14.3. The first kappa shape index (κ1) is 16.3. The van der Waals surface area contributed by atoms with Crippen LogP contribution in [-0.4, -0.2) is 43.5 Å². The Morgan fingerprint density at radius 2 is 2.00 bits per heavy atom. The first-order chi connectivity index (χ1) is 12.7. The lowest BCUT2D eigenvalue weighted by Crippen LogP contribution is -2.28. The number of aromatic amines is 1. The van der Waals surface area contributed by atoms with Gasteiger partial charge >= 0.3 is 0 Å². The van der Waals surface area contributed by atoms with E-state index >= 15 is 0 Å². The average molecular weight is 353 g/mol. The number of carbonyl (C=O) groups excluding carboxylic acids is 1. The van der Waals surface area contributed by atoms with Crippen molar-refractivity contribution in [2.45, 2.75) is 6.42 Å². The number of nitrogens with zero attached hydrogens (tertiary/aromatic N) is 2. The number of rotatable bonds is 4. The van der Waals surface area contributed by atoms with Crippen molar-refractivity contribution in [1.82, 2.24) is 10.2 Å². The second kappa shape index (κ2) is 6.59. The number of hydrogen-bond acceptors (Lipinski definition) is 5. The smallest absolute Gasteiger partial charge is 0.232 e. The van der Waals surface area contributed by atoms with Crippen molar-refractivity contribution in [3.63, 3.8) is 0 Å². The summed E-state index contributed by atoms with van der Waals surface area (Å²) in [5.74, 6) is 2.61. The van der Waals surface area contributed by atoms with Crippen molar-refractivity contribution in [3.05, 3.63) is 42.0 Å². The van der Waals surface area contributed by atoms with E-state index in [9.17, 15) is 4.79 Å². The number of likely N-dealkylation sites (N-methyl/N-ethyl adjacent to an activating group) is 1. The molecule has 1 N–H and O–H groups in total. The molecule has 0 aliphatic carbocycles. The van der Waals surface area contributed by atoms with Crippen LogP contribution in [0.3, 0.4) is 0 Å². The second-order valence-electron chi connectivity index (χ2n) is 6.07. The van der Waals surface area contributed by atoms with Crippen LogP contribution < -0.4 is 19.1 Å². The van der Waals surface area contributed by atoms with Crippen molar-refractivity contribution < 1.29 is 19.0 Å². The van der Waals surface area contributed by atoms with E-state index in [0.717, 1.165) is 16.5 Å². The highest BCUT2D eigenvalue weighted by Crippen LogP contribution is 2.31. The van der Waals surface area contributed by atoms with Gasteiger partial charge in [-0.2, -0.15) is 5.10 Å². The van der Waals surface area contributed by atoms with E-state index in [-0.39, 0.29) is 12.3 Å². The number of H-pyrrole nitrogens is 1. The number of aromatic nitrogens is 2. The highest BCUT2D eigenvalue weighted by Gasteiger charge is 2.19. The summed E-state index contributed by atoms with van der Waals surface area (Å²) in [5, 5.41) is 8.06. The normalized spacial score (nSPS) is 12.8. The molecule has 7 nitrogen and oxygen atoms in total. The van der Waals surface area contributed by atoms with Crippen LogP contribution in [0.15, 0.2) is 36.4 Å². The number of fused-ring (bicyclic) bond motifs is 2. The third-order valence-electron chi connectivity index (χ3n) is 4.40. The van der Waals surface area contributed by atoms with Gasteiger partial charge in [-0.05, 0) is 35.9 Å². The highest BCUT2D eigenvalue weighted by molar-refractivity contribution is 6.02. The van der Waals surface area contributed by atoms with Crippen molar-refractivity contribution in [3.8, 4) is 17.2 Å². The fourth-order valence-corrected chi connectivity index (χ4v) is 2.97. The fourth-order valence-electron chi connectivity index (χ4n) is 2.97. The van der Waals surface area contributed by atoms with Gasteiger partial charge in [-0.3, -0.25) is 14.8 Å². The Balaban J connectivity index is 1.56. The Morgan fingerprint density at radius 1 is 1.19 bits per heavy atom. The molecule has 0 atom stereocenters. The predicted molar refractivity (Wildman–Crippen MR) is 97.2 cm³/mol. The molecule has 0 radical (unpaired) electrons. The summed E-state index contributed by atoms with van der Waals surface area (Å²) in [6.45, 7) is 1.06. The third-order valence-corrected chi connectivity index (χ3v) is 4.40. The largest absolute Gasteiger partial charge is 0.497 e. The average Bonchev–Trinajstić information content (AvgIpc) is 3.10. The lowest BCUT2D eigenvalue weighted by atomic mass is 10.1. The van der Waals surface area contributed by atoms with Crippen LogP contribution in [0, 0.1) is 0 Å². The maximum absolute atomic E-state index is 12.7. The van der Waals surface area contributed by atoms with Gasteiger partial charge in [0.25, 0.3) is 0 Å². The van der Waals surface area contributed by atoms with Crippen LogP contribution >= 0.6 is 0 Å². The fraction of sp³-hybridized carbons (Fsp3) is 0.263. The molecular formula is C19H19N3O4. The van der Waals surface area contributed by atoms with Crippen molar-refractivity contribution in [2.24, 2.45) is 0 Å². The minimum atomic E-state index is -0.0714. The Labute approximate surface area is 150 Å². The topological polar surface area (TPSA) is 76.7 Å². The molecule has 1 aliphatic heterocycles. The van der Waals surface area contributed by atoms with Crippen LogP contribution in [0.1, 0.15) is 5.56 Å². The van der Waals surface area contributed by atoms with E-state index in [1.54, 1.807) is 19.1 Å². The van der Waals surface area contributed by atoms with Crippen LogP contribution in [0.2, 0.25) is 0 Å². The molecule has 0 saturated carbocycles. The SMILES string of the molecule is COc1ccc2[nH]nc(N(C)C(=O)Cc3ccc4c(c3)OCCO4)c2c1. The van der Waals surface area contributed by atoms with Gasteiger partial charge in [0.2, 0.25) is 5.91 Å². The van der Waals surface area contributed by atoms with E-state index in [1.807, 2.05) is 36.4 Å². The minimum absolute atomic E-state index is 0.0714. The van der Waals surface area contributed by atoms with Crippen molar-refractivity contribution in [2.75, 3.05) is 32.3 Å². The van der Waals surface area contributed by atoms with E-state index in [4.69, 9.17) is 14.2 Å². The lowest BCUT2D eigenvalue weighted by molar-refractivity contribution is -0.117. The van der Waals surface area contributed by atoms with Gasteiger partial charge < -0.3 is 14.2 Å². The maximum Gasteiger partial charge on any atom is 0.232 e. The van der Waals surface area contributed by atoms with Crippen LogP contribution in [0.4, 0.5) is 5.82 Å². The molecule has 1 aromatic heterocycles. The molecule has 0 spiro atoms. The van der Waals surface area contributed by atoms with E-state index in [2.05, 4.69) is 10.2 Å². The molecule has 134 valence electrons. The van der Waals surface area contributed by atoms with E-state index in [1.165, 1.54) is 0 Å². The zero-order valence-electron chi connectivity index (χ0n) is 14.6. The first-order valence-electron chi connectivity index (χ1n) is 8.33. The molecule has 1 aliphatic rings. The van der Waals surface area contributed by atoms with Gasteiger partial charge in [0.1, 0.15) is 19.0 Å². The molecule has 0 bridgehead atoms. The standard InChI is InChI=1S/C19H19N3O4/c1-22(19-14-11-13(24-2)4-5-15(14)20-21-19)18(23)10-12-3-6-16-17(9-12)26-8-7-25-16/h3-6,9,11H,7-8,10H2,1-2H3,(H,20,21). The molecule has 1 amide bonds. The monoisotopic (exact) mass is 353 g/mol. The molecule has 0 saturated heterocycles. The Bertz CT molecular complexity index is 967. The molecule has 2 aromatic carbocycles. The van der Waals surface area contributed by atoms with Crippen LogP contribution in [0.25, 0.3) is 10.9 Å². The summed E-state index contributed by atoms with van der Waals surface area (Å²) in [6.07, 6.45) is 0.242. The number of methoxy groups -OCH3 is 1. The van der Waals surface area contributed by atoms with Gasteiger partial charge in [-0.15, -0.1) is 0 Å². The molecule has 3 aromatic rings. The Morgan fingerprint density at radius 3 is 2.81 bits per heavy atom. The number of hydrogen-bond donors (Lipinski definition) is 1. The van der Waals surface area contributed by atoms with Gasteiger partial charge in [0, 0.05) is 12.4 Å². The number of anilines is 1. The van der Waals surface area contributed by atoms with Crippen molar-refractivity contribution >= 4 is 22.6 Å². The summed E-state index contributed by atoms with van der Waals surface area (Å²) >= 11 is 0. The number of nitrogens with one attached hydrogen (secondary N) is 1.